The highest BCUT2D eigenvalue weighted by Crippen LogP contribution is 2.15. The summed E-state index contributed by atoms with van der Waals surface area (Å²) in [5, 5.41) is 13.7. The molecule has 19 heavy (non-hydrogen) atoms. The molecule has 0 aliphatic rings. The lowest BCUT2D eigenvalue weighted by molar-refractivity contribution is -0.112. The van der Waals surface area contributed by atoms with E-state index < -0.39 is 0 Å². The molecule has 1 heterocycles. The first-order valence-corrected chi connectivity index (χ1v) is 6.60. The molecule has 0 saturated heterocycles. The van der Waals surface area contributed by atoms with Gasteiger partial charge >= 0.3 is 0 Å². The van der Waals surface area contributed by atoms with Crippen molar-refractivity contribution in [2.24, 2.45) is 0 Å². The molecule has 4 heteroatoms. The fourth-order valence-corrected chi connectivity index (χ4v) is 2.16. The van der Waals surface area contributed by atoms with Gasteiger partial charge in [0.1, 0.15) is 11.6 Å². The Morgan fingerprint density at radius 1 is 1.32 bits per heavy atom. The molecule has 2 aromatic rings. The average molecular weight is 268 g/mol. The molecule has 0 bridgehead atoms. The Bertz CT molecular complexity index is 634. The fourth-order valence-electron chi connectivity index (χ4n) is 1.50. The number of hydrogen-bond donors (Lipinski definition) is 1. The summed E-state index contributed by atoms with van der Waals surface area (Å²) < 4.78 is 0. The Labute approximate surface area is 115 Å². The zero-order valence-electron chi connectivity index (χ0n) is 10.4. The van der Waals surface area contributed by atoms with Gasteiger partial charge in [-0.1, -0.05) is 23.8 Å². The lowest BCUT2D eigenvalue weighted by Gasteiger charge is -2.04. The predicted octanol–water partition coefficient (Wildman–Crippen LogP) is 3.60. The van der Waals surface area contributed by atoms with Crippen LogP contribution in [0.2, 0.25) is 0 Å². The summed E-state index contributed by atoms with van der Waals surface area (Å²) in [5.74, 6) is -0.389. The van der Waals surface area contributed by atoms with Crippen LogP contribution in [0.25, 0.3) is 6.08 Å². The van der Waals surface area contributed by atoms with E-state index in [-0.39, 0.29) is 11.5 Å². The normalized spacial score (nSPS) is 10.8. The van der Waals surface area contributed by atoms with E-state index in [1.54, 1.807) is 6.08 Å². The molecule has 2 rings (SSSR count). The van der Waals surface area contributed by atoms with E-state index in [1.807, 2.05) is 54.8 Å². The monoisotopic (exact) mass is 268 g/mol. The van der Waals surface area contributed by atoms with Crippen molar-refractivity contribution >= 4 is 29.0 Å². The second-order valence-electron chi connectivity index (χ2n) is 4.01. The predicted molar refractivity (Wildman–Crippen MR) is 77.7 cm³/mol. The first-order valence-electron chi connectivity index (χ1n) is 5.72. The average Bonchev–Trinajstić information content (AvgIpc) is 2.91. The van der Waals surface area contributed by atoms with Gasteiger partial charge in [-0.25, -0.2) is 0 Å². The van der Waals surface area contributed by atoms with Gasteiger partial charge in [-0.2, -0.15) is 5.26 Å². The third-order valence-electron chi connectivity index (χ3n) is 2.50. The van der Waals surface area contributed by atoms with Crippen molar-refractivity contribution in [3.63, 3.8) is 0 Å². The molecule has 1 aromatic heterocycles. The molecule has 0 aliphatic carbocycles. The molecule has 0 aliphatic heterocycles. The molecule has 0 saturated carbocycles. The highest BCUT2D eigenvalue weighted by Gasteiger charge is 2.09. The molecule has 1 N–H and O–H groups in total. The highest BCUT2D eigenvalue weighted by molar-refractivity contribution is 7.10. The van der Waals surface area contributed by atoms with Crippen LogP contribution >= 0.6 is 11.3 Å². The van der Waals surface area contributed by atoms with Crippen LogP contribution in [0, 0.1) is 18.3 Å². The molecule has 0 spiro atoms. The SMILES string of the molecule is Cc1ccc(NC(=O)C(C#N)=Cc2cccs2)cc1. The van der Waals surface area contributed by atoms with E-state index in [0.29, 0.717) is 5.69 Å². The van der Waals surface area contributed by atoms with Gasteiger partial charge in [-0.15, -0.1) is 11.3 Å². The zero-order chi connectivity index (χ0) is 13.7. The number of carbonyl (C=O) groups excluding carboxylic acids is 1. The Balaban J connectivity index is 2.14. The van der Waals surface area contributed by atoms with Gasteiger partial charge < -0.3 is 5.32 Å². The summed E-state index contributed by atoms with van der Waals surface area (Å²) in [7, 11) is 0. The molecular formula is C15H12N2OS. The number of anilines is 1. The van der Waals surface area contributed by atoms with Gasteiger partial charge in [0.15, 0.2) is 0 Å². The summed E-state index contributed by atoms with van der Waals surface area (Å²) in [4.78, 5) is 12.8. The standard InChI is InChI=1S/C15H12N2OS/c1-11-4-6-13(7-5-11)17-15(18)12(10-16)9-14-3-2-8-19-14/h2-9H,1H3,(H,17,18). The van der Waals surface area contributed by atoms with Gasteiger partial charge in [0, 0.05) is 10.6 Å². The number of nitrogens with one attached hydrogen (secondary N) is 1. The van der Waals surface area contributed by atoms with E-state index in [4.69, 9.17) is 5.26 Å². The number of aryl methyl sites for hydroxylation is 1. The quantitative estimate of drug-likeness (QED) is 0.683. The summed E-state index contributed by atoms with van der Waals surface area (Å²) >= 11 is 1.48. The Morgan fingerprint density at radius 2 is 2.05 bits per heavy atom. The number of carbonyl (C=O) groups is 1. The summed E-state index contributed by atoms with van der Waals surface area (Å²) in [5.41, 5.74) is 1.90. The minimum Gasteiger partial charge on any atom is -0.321 e. The first-order chi connectivity index (χ1) is 9.19. The summed E-state index contributed by atoms with van der Waals surface area (Å²) in [6.07, 6.45) is 1.59. The van der Waals surface area contributed by atoms with Gasteiger partial charge in [0.05, 0.1) is 0 Å². The van der Waals surface area contributed by atoms with Crippen LogP contribution in [0.3, 0.4) is 0 Å². The molecule has 0 fully saturated rings. The van der Waals surface area contributed by atoms with Crippen molar-refractivity contribution in [1.29, 1.82) is 5.26 Å². The molecule has 1 aromatic carbocycles. The second kappa shape index (κ2) is 5.98. The first kappa shape index (κ1) is 13.1. The maximum absolute atomic E-state index is 12.0. The number of thiophene rings is 1. The Kier molecular flexibility index (Phi) is 4.11. The smallest absolute Gasteiger partial charge is 0.266 e. The molecule has 1 amide bonds. The van der Waals surface area contributed by atoms with Crippen LogP contribution in [0.5, 0.6) is 0 Å². The lowest BCUT2D eigenvalue weighted by Crippen LogP contribution is -2.13. The maximum atomic E-state index is 12.0. The van der Waals surface area contributed by atoms with Crippen LogP contribution in [-0.2, 0) is 4.79 Å². The van der Waals surface area contributed by atoms with E-state index >= 15 is 0 Å². The number of nitriles is 1. The van der Waals surface area contributed by atoms with E-state index in [9.17, 15) is 4.79 Å². The van der Waals surface area contributed by atoms with Gasteiger partial charge in [0.2, 0.25) is 0 Å². The van der Waals surface area contributed by atoms with Crippen LogP contribution < -0.4 is 5.32 Å². The third-order valence-corrected chi connectivity index (χ3v) is 3.32. The van der Waals surface area contributed by atoms with Crippen LogP contribution in [0.4, 0.5) is 5.69 Å². The fraction of sp³-hybridized carbons (Fsp3) is 0.0667. The molecule has 3 nitrogen and oxygen atoms in total. The van der Waals surface area contributed by atoms with Crippen molar-refractivity contribution < 1.29 is 4.79 Å². The van der Waals surface area contributed by atoms with Crippen molar-refractivity contribution in [3.05, 3.63) is 57.8 Å². The van der Waals surface area contributed by atoms with E-state index in [0.717, 1.165) is 10.4 Å². The summed E-state index contributed by atoms with van der Waals surface area (Å²) in [6.45, 7) is 1.98. The zero-order valence-corrected chi connectivity index (χ0v) is 11.2. The maximum Gasteiger partial charge on any atom is 0.266 e. The van der Waals surface area contributed by atoms with Crippen LogP contribution in [-0.4, -0.2) is 5.91 Å². The molecular weight excluding hydrogens is 256 g/mol. The lowest BCUT2D eigenvalue weighted by atomic mass is 10.2. The number of amides is 1. The number of benzene rings is 1. The van der Waals surface area contributed by atoms with Gasteiger partial charge in [0.25, 0.3) is 5.91 Å². The van der Waals surface area contributed by atoms with Gasteiger partial charge in [-0.05, 0) is 36.6 Å². The topological polar surface area (TPSA) is 52.9 Å². The number of rotatable bonds is 3. The Morgan fingerprint density at radius 3 is 2.63 bits per heavy atom. The molecule has 94 valence electrons. The van der Waals surface area contributed by atoms with Gasteiger partial charge in [-0.3, -0.25) is 4.79 Å². The molecule has 0 radical (unpaired) electrons. The number of hydrogen-bond acceptors (Lipinski definition) is 3. The van der Waals surface area contributed by atoms with Crippen molar-refractivity contribution in [1.82, 2.24) is 0 Å². The van der Waals surface area contributed by atoms with Crippen molar-refractivity contribution in [3.8, 4) is 6.07 Å². The second-order valence-corrected chi connectivity index (χ2v) is 4.98. The largest absolute Gasteiger partial charge is 0.321 e. The minimum atomic E-state index is -0.389. The van der Waals surface area contributed by atoms with E-state index in [2.05, 4.69) is 5.32 Å². The highest BCUT2D eigenvalue weighted by atomic mass is 32.1. The Hall–Kier alpha value is -2.38. The van der Waals surface area contributed by atoms with E-state index in [1.165, 1.54) is 11.3 Å². The third kappa shape index (κ3) is 3.54. The molecule has 0 atom stereocenters. The van der Waals surface area contributed by atoms with Crippen LogP contribution in [0.15, 0.2) is 47.4 Å². The van der Waals surface area contributed by atoms with Crippen LogP contribution in [0.1, 0.15) is 10.4 Å². The van der Waals surface area contributed by atoms with Crippen molar-refractivity contribution in [2.75, 3.05) is 5.32 Å². The minimum absolute atomic E-state index is 0.100. The number of nitrogens with zero attached hydrogens (tertiary/aromatic N) is 1. The van der Waals surface area contributed by atoms with Crippen molar-refractivity contribution in [2.45, 2.75) is 6.92 Å². The summed E-state index contributed by atoms with van der Waals surface area (Å²) in [6, 6.07) is 13.1. The molecule has 0 unspecified atom stereocenters.